The van der Waals surface area contributed by atoms with Gasteiger partial charge in [-0.2, -0.15) is 0 Å². The maximum atomic E-state index is 5.97. The van der Waals surface area contributed by atoms with Gasteiger partial charge < -0.3 is 20.1 Å². The second-order valence-electron chi connectivity index (χ2n) is 4.09. The van der Waals surface area contributed by atoms with E-state index in [1.807, 2.05) is 29.2 Å². The molecule has 0 aromatic heterocycles. The zero-order valence-electron chi connectivity index (χ0n) is 11.0. The van der Waals surface area contributed by atoms with Crippen molar-refractivity contribution in [1.82, 2.24) is 4.90 Å². The third-order valence-corrected chi connectivity index (χ3v) is 2.94. The molecule has 5 nitrogen and oxygen atoms in total. The van der Waals surface area contributed by atoms with Crippen LogP contribution in [-0.4, -0.2) is 44.3 Å². The predicted octanol–water partition coefficient (Wildman–Crippen LogP) is 1.46. The Bertz CT molecular complexity index is 420. The van der Waals surface area contributed by atoms with Crippen LogP contribution in [0.3, 0.4) is 0 Å². The highest BCUT2D eigenvalue weighted by atomic mass is 127. The fourth-order valence-corrected chi connectivity index (χ4v) is 1.89. The number of ether oxygens (including phenoxy) is 2. The molecule has 106 valence electrons. The lowest BCUT2D eigenvalue weighted by molar-refractivity contribution is 0.0674. The summed E-state index contributed by atoms with van der Waals surface area (Å²) in [6.07, 6.45) is 0. The average molecular weight is 377 g/mol. The van der Waals surface area contributed by atoms with Crippen molar-refractivity contribution >= 4 is 29.9 Å². The summed E-state index contributed by atoms with van der Waals surface area (Å²) in [7, 11) is 1.66. The van der Waals surface area contributed by atoms with Gasteiger partial charge in [0.25, 0.3) is 0 Å². The zero-order chi connectivity index (χ0) is 12.8. The van der Waals surface area contributed by atoms with Crippen molar-refractivity contribution in [3.8, 4) is 5.75 Å². The summed E-state index contributed by atoms with van der Waals surface area (Å²) in [5.41, 5.74) is 7.01. The van der Waals surface area contributed by atoms with Gasteiger partial charge in [0.05, 0.1) is 26.9 Å². The molecular weight excluding hydrogens is 357 g/mol. The van der Waals surface area contributed by atoms with Crippen LogP contribution < -0.4 is 10.5 Å². The first-order valence-electron chi connectivity index (χ1n) is 6.06. The Kier molecular flexibility index (Phi) is 6.93. The number of para-hydroxylation sites is 1. The van der Waals surface area contributed by atoms with Crippen LogP contribution in [-0.2, 0) is 11.3 Å². The first kappa shape index (κ1) is 16.0. The Balaban J connectivity index is 0.00000180. The van der Waals surface area contributed by atoms with Gasteiger partial charge in [0, 0.05) is 18.7 Å². The van der Waals surface area contributed by atoms with Gasteiger partial charge >= 0.3 is 0 Å². The second-order valence-corrected chi connectivity index (χ2v) is 4.09. The summed E-state index contributed by atoms with van der Waals surface area (Å²) in [5, 5.41) is 0. The molecule has 0 spiro atoms. The van der Waals surface area contributed by atoms with Crippen LogP contribution in [0.4, 0.5) is 0 Å². The number of aliphatic imine (C=N–C) groups is 1. The van der Waals surface area contributed by atoms with E-state index in [2.05, 4.69) is 4.99 Å². The number of morpholine rings is 1. The molecule has 1 aliphatic rings. The van der Waals surface area contributed by atoms with Crippen molar-refractivity contribution in [2.75, 3.05) is 33.4 Å². The Labute approximate surface area is 130 Å². The summed E-state index contributed by atoms with van der Waals surface area (Å²) in [4.78, 5) is 6.45. The summed E-state index contributed by atoms with van der Waals surface area (Å²) < 4.78 is 10.6. The number of halogens is 1. The number of hydrogen-bond donors (Lipinski definition) is 1. The number of nitrogens with two attached hydrogens (primary N) is 1. The van der Waals surface area contributed by atoms with Crippen LogP contribution in [0.5, 0.6) is 5.75 Å². The molecule has 1 heterocycles. The van der Waals surface area contributed by atoms with E-state index in [9.17, 15) is 0 Å². The minimum absolute atomic E-state index is 0. The monoisotopic (exact) mass is 377 g/mol. The molecule has 1 aromatic rings. The smallest absolute Gasteiger partial charge is 0.191 e. The Morgan fingerprint density at radius 2 is 2.05 bits per heavy atom. The van der Waals surface area contributed by atoms with E-state index in [0.717, 1.165) is 24.4 Å². The Morgan fingerprint density at radius 3 is 2.74 bits per heavy atom. The number of hydrogen-bond acceptors (Lipinski definition) is 3. The fourth-order valence-electron chi connectivity index (χ4n) is 1.89. The molecule has 0 saturated carbocycles. The minimum atomic E-state index is 0. The van der Waals surface area contributed by atoms with Gasteiger partial charge in [-0.15, -0.1) is 24.0 Å². The van der Waals surface area contributed by atoms with Gasteiger partial charge in [0.1, 0.15) is 5.75 Å². The van der Waals surface area contributed by atoms with Crippen molar-refractivity contribution in [3.05, 3.63) is 29.8 Å². The molecule has 2 N–H and O–H groups in total. The molecule has 0 amide bonds. The van der Waals surface area contributed by atoms with Crippen LogP contribution >= 0.6 is 24.0 Å². The molecule has 1 fully saturated rings. The lowest BCUT2D eigenvalue weighted by Crippen LogP contribution is -2.44. The maximum absolute atomic E-state index is 5.97. The van der Waals surface area contributed by atoms with Crippen molar-refractivity contribution in [1.29, 1.82) is 0 Å². The highest BCUT2D eigenvalue weighted by Gasteiger charge is 2.12. The quantitative estimate of drug-likeness (QED) is 0.492. The molecule has 0 radical (unpaired) electrons. The van der Waals surface area contributed by atoms with Crippen LogP contribution in [0.2, 0.25) is 0 Å². The largest absolute Gasteiger partial charge is 0.496 e. The van der Waals surface area contributed by atoms with E-state index in [4.69, 9.17) is 15.2 Å². The maximum Gasteiger partial charge on any atom is 0.191 e. The van der Waals surface area contributed by atoms with E-state index in [1.165, 1.54) is 0 Å². The third kappa shape index (κ3) is 4.54. The number of benzene rings is 1. The number of guanidine groups is 1. The molecule has 2 rings (SSSR count). The van der Waals surface area contributed by atoms with E-state index >= 15 is 0 Å². The van der Waals surface area contributed by atoms with Gasteiger partial charge in [-0.3, -0.25) is 0 Å². The lowest BCUT2D eigenvalue weighted by Gasteiger charge is -2.27. The molecule has 0 unspecified atom stereocenters. The van der Waals surface area contributed by atoms with Crippen LogP contribution in [0.1, 0.15) is 5.56 Å². The van der Waals surface area contributed by atoms with Gasteiger partial charge in [0.15, 0.2) is 5.96 Å². The average Bonchev–Trinajstić information content (AvgIpc) is 2.46. The molecular formula is C13H20IN3O2. The van der Waals surface area contributed by atoms with Crippen LogP contribution in [0, 0.1) is 0 Å². The zero-order valence-corrected chi connectivity index (χ0v) is 13.4. The third-order valence-electron chi connectivity index (χ3n) is 2.94. The molecule has 6 heteroatoms. The lowest BCUT2D eigenvalue weighted by atomic mass is 10.2. The molecule has 19 heavy (non-hydrogen) atoms. The number of methoxy groups -OCH3 is 1. The molecule has 0 bridgehead atoms. The van der Waals surface area contributed by atoms with E-state index in [-0.39, 0.29) is 24.0 Å². The van der Waals surface area contributed by atoms with Crippen molar-refractivity contribution in [2.45, 2.75) is 6.54 Å². The standard InChI is InChI=1S/C13H19N3O2.HI/c1-17-12-5-3-2-4-11(12)10-15-13(14)16-6-8-18-9-7-16;/h2-5H,6-10H2,1H3,(H2,14,15);1H. The van der Waals surface area contributed by atoms with Gasteiger partial charge in [-0.1, -0.05) is 18.2 Å². The Morgan fingerprint density at radius 1 is 1.37 bits per heavy atom. The number of nitrogens with zero attached hydrogens (tertiary/aromatic N) is 2. The number of rotatable bonds is 3. The predicted molar refractivity (Wildman–Crippen MR) is 86.1 cm³/mol. The molecule has 1 aromatic carbocycles. The van der Waals surface area contributed by atoms with Gasteiger partial charge in [-0.25, -0.2) is 4.99 Å². The summed E-state index contributed by atoms with van der Waals surface area (Å²) in [6.45, 7) is 3.57. The van der Waals surface area contributed by atoms with E-state index < -0.39 is 0 Å². The normalized spacial score (nSPS) is 15.8. The van der Waals surface area contributed by atoms with Crippen molar-refractivity contribution in [2.24, 2.45) is 10.7 Å². The topological polar surface area (TPSA) is 60.1 Å². The summed E-state index contributed by atoms with van der Waals surface area (Å²) in [5.74, 6) is 1.42. The molecule has 0 aliphatic carbocycles. The summed E-state index contributed by atoms with van der Waals surface area (Å²) in [6, 6.07) is 7.83. The minimum Gasteiger partial charge on any atom is -0.496 e. The first-order valence-corrected chi connectivity index (χ1v) is 6.06. The SMILES string of the molecule is COc1ccccc1CN=C(N)N1CCOCC1.I. The summed E-state index contributed by atoms with van der Waals surface area (Å²) >= 11 is 0. The van der Waals surface area contributed by atoms with Gasteiger partial charge in [-0.05, 0) is 6.07 Å². The fraction of sp³-hybridized carbons (Fsp3) is 0.462. The van der Waals surface area contributed by atoms with E-state index in [0.29, 0.717) is 25.7 Å². The molecule has 1 saturated heterocycles. The van der Waals surface area contributed by atoms with Crippen LogP contribution in [0.15, 0.2) is 29.3 Å². The van der Waals surface area contributed by atoms with E-state index in [1.54, 1.807) is 7.11 Å². The van der Waals surface area contributed by atoms with Crippen molar-refractivity contribution < 1.29 is 9.47 Å². The van der Waals surface area contributed by atoms with Crippen LogP contribution in [0.25, 0.3) is 0 Å². The highest BCUT2D eigenvalue weighted by molar-refractivity contribution is 14.0. The van der Waals surface area contributed by atoms with Crippen molar-refractivity contribution in [3.63, 3.8) is 0 Å². The second kappa shape index (κ2) is 8.21. The van der Waals surface area contributed by atoms with Gasteiger partial charge in [0.2, 0.25) is 0 Å². The highest BCUT2D eigenvalue weighted by Crippen LogP contribution is 2.18. The first-order chi connectivity index (χ1) is 8.81. The molecule has 0 atom stereocenters. The molecule has 1 aliphatic heterocycles. The Hall–Kier alpha value is -1.02.